The van der Waals surface area contributed by atoms with Gasteiger partial charge in [0.15, 0.2) is 11.5 Å². The zero-order valence-electron chi connectivity index (χ0n) is 16.0. The van der Waals surface area contributed by atoms with E-state index in [1.54, 1.807) is 31.4 Å². The SMILES string of the molecule is COc1ccc(C2C(C(=O)CC(C)C)=C(O)C(=O)N2c2ccc(F)cc2)cc1. The Kier molecular flexibility index (Phi) is 5.49. The quantitative estimate of drug-likeness (QED) is 0.805. The van der Waals surface area contributed by atoms with E-state index >= 15 is 0 Å². The lowest BCUT2D eigenvalue weighted by atomic mass is 9.92. The number of anilines is 1. The lowest BCUT2D eigenvalue weighted by Gasteiger charge is -2.27. The molecule has 146 valence electrons. The summed E-state index contributed by atoms with van der Waals surface area (Å²) in [6.45, 7) is 3.79. The highest BCUT2D eigenvalue weighted by Gasteiger charge is 2.44. The molecule has 1 aliphatic rings. The van der Waals surface area contributed by atoms with Gasteiger partial charge in [0.05, 0.1) is 18.7 Å². The third kappa shape index (κ3) is 3.63. The van der Waals surface area contributed by atoms with E-state index in [9.17, 15) is 19.1 Å². The average molecular weight is 383 g/mol. The molecular weight excluding hydrogens is 361 g/mol. The normalized spacial score (nSPS) is 16.8. The van der Waals surface area contributed by atoms with Gasteiger partial charge in [0.25, 0.3) is 5.91 Å². The smallest absolute Gasteiger partial charge is 0.294 e. The Morgan fingerprint density at radius 3 is 2.29 bits per heavy atom. The lowest BCUT2D eigenvalue weighted by molar-refractivity contribution is -0.118. The van der Waals surface area contributed by atoms with Gasteiger partial charge < -0.3 is 9.84 Å². The van der Waals surface area contributed by atoms with E-state index < -0.39 is 23.5 Å². The first-order valence-corrected chi connectivity index (χ1v) is 9.03. The monoisotopic (exact) mass is 383 g/mol. The summed E-state index contributed by atoms with van der Waals surface area (Å²) in [6, 6.07) is 11.5. The number of carbonyl (C=O) groups excluding carboxylic acids is 2. The van der Waals surface area contributed by atoms with E-state index in [2.05, 4.69) is 0 Å². The first-order valence-electron chi connectivity index (χ1n) is 9.03. The van der Waals surface area contributed by atoms with Gasteiger partial charge >= 0.3 is 0 Å². The molecule has 1 unspecified atom stereocenters. The second-order valence-corrected chi connectivity index (χ2v) is 7.11. The van der Waals surface area contributed by atoms with Gasteiger partial charge in [0.2, 0.25) is 0 Å². The number of aliphatic hydroxyl groups excluding tert-OH is 1. The second-order valence-electron chi connectivity index (χ2n) is 7.11. The molecule has 0 aromatic heterocycles. The maximum absolute atomic E-state index is 13.4. The Hall–Kier alpha value is -3.15. The molecule has 6 heteroatoms. The van der Waals surface area contributed by atoms with Gasteiger partial charge in [0.1, 0.15) is 11.6 Å². The predicted molar refractivity (Wildman–Crippen MR) is 104 cm³/mol. The zero-order valence-corrected chi connectivity index (χ0v) is 16.0. The van der Waals surface area contributed by atoms with Crippen LogP contribution in [0.3, 0.4) is 0 Å². The first kappa shape index (κ1) is 19.6. The summed E-state index contributed by atoms with van der Waals surface area (Å²) < 4.78 is 18.5. The van der Waals surface area contributed by atoms with Crippen LogP contribution in [0.5, 0.6) is 5.75 Å². The molecule has 0 radical (unpaired) electrons. The number of rotatable bonds is 6. The molecule has 3 rings (SSSR count). The second kappa shape index (κ2) is 7.84. The molecule has 2 aromatic rings. The summed E-state index contributed by atoms with van der Waals surface area (Å²) >= 11 is 0. The minimum atomic E-state index is -0.796. The Morgan fingerprint density at radius 2 is 1.75 bits per heavy atom. The summed E-state index contributed by atoms with van der Waals surface area (Å²) in [7, 11) is 1.54. The number of nitrogens with zero attached hydrogens (tertiary/aromatic N) is 1. The van der Waals surface area contributed by atoms with Crippen LogP contribution in [-0.2, 0) is 9.59 Å². The topological polar surface area (TPSA) is 66.8 Å². The first-order chi connectivity index (χ1) is 13.3. The number of benzene rings is 2. The summed E-state index contributed by atoms with van der Waals surface area (Å²) in [5.74, 6) is -1.27. The van der Waals surface area contributed by atoms with Gasteiger partial charge in [0, 0.05) is 12.1 Å². The maximum atomic E-state index is 13.4. The van der Waals surface area contributed by atoms with E-state index in [0.29, 0.717) is 17.0 Å². The van der Waals surface area contributed by atoms with Crippen molar-refractivity contribution in [3.8, 4) is 5.75 Å². The van der Waals surface area contributed by atoms with Crippen molar-refractivity contribution in [2.75, 3.05) is 12.0 Å². The van der Waals surface area contributed by atoms with Crippen LogP contribution >= 0.6 is 0 Å². The molecule has 0 bridgehead atoms. The molecule has 0 saturated carbocycles. The van der Waals surface area contributed by atoms with Crippen molar-refractivity contribution in [1.29, 1.82) is 0 Å². The molecule has 0 fully saturated rings. The average Bonchev–Trinajstić information content (AvgIpc) is 2.93. The fourth-order valence-electron chi connectivity index (χ4n) is 3.34. The molecule has 2 aromatic carbocycles. The molecule has 0 spiro atoms. The third-order valence-corrected chi connectivity index (χ3v) is 4.64. The van der Waals surface area contributed by atoms with Crippen LogP contribution in [0.4, 0.5) is 10.1 Å². The molecule has 1 aliphatic heterocycles. The van der Waals surface area contributed by atoms with E-state index in [1.165, 1.54) is 29.2 Å². The van der Waals surface area contributed by atoms with Crippen molar-refractivity contribution in [2.24, 2.45) is 5.92 Å². The fraction of sp³-hybridized carbons (Fsp3) is 0.273. The number of amides is 1. The highest BCUT2D eigenvalue weighted by atomic mass is 19.1. The molecule has 0 saturated heterocycles. The van der Waals surface area contributed by atoms with Crippen LogP contribution in [-0.4, -0.2) is 23.9 Å². The van der Waals surface area contributed by atoms with E-state index in [-0.39, 0.29) is 23.7 Å². The van der Waals surface area contributed by atoms with Gasteiger partial charge in [-0.05, 0) is 47.9 Å². The molecule has 1 atom stereocenters. The van der Waals surface area contributed by atoms with Crippen LogP contribution in [0.2, 0.25) is 0 Å². The van der Waals surface area contributed by atoms with Gasteiger partial charge in [-0.25, -0.2) is 4.39 Å². The van der Waals surface area contributed by atoms with Gasteiger partial charge in [-0.1, -0.05) is 26.0 Å². The minimum absolute atomic E-state index is 0.0631. The lowest BCUT2D eigenvalue weighted by Crippen LogP contribution is -2.31. The number of halogens is 1. The van der Waals surface area contributed by atoms with Crippen LogP contribution in [0.25, 0.3) is 0 Å². The molecule has 0 aliphatic carbocycles. The number of Topliss-reactive ketones (excluding diaryl/α,β-unsaturated/α-hetero) is 1. The molecule has 5 nitrogen and oxygen atoms in total. The van der Waals surface area contributed by atoms with E-state index in [4.69, 9.17) is 4.74 Å². The van der Waals surface area contributed by atoms with Gasteiger partial charge in [-0.2, -0.15) is 0 Å². The number of hydrogen-bond acceptors (Lipinski definition) is 4. The van der Waals surface area contributed by atoms with Crippen molar-refractivity contribution < 1.29 is 23.8 Å². The minimum Gasteiger partial charge on any atom is -0.503 e. The summed E-state index contributed by atoms with van der Waals surface area (Å²) in [6.07, 6.45) is 0.205. The zero-order chi connectivity index (χ0) is 20.4. The molecule has 1 N–H and O–H groups in total. The van der Waals surface area contributed by atoms with Crippen molar-refractivity contribution in [3.63, 3.8) is 0 Å². The number of ether oxygens (including phenoxy) is 1. The highest BCUT2D eigenvalue weighted by molar-refractivity contribution is 6.16. The fourth-order valence-corrected chi connectivity index (χ4v) is 3.34. The molecule has 1 amide bonds. The van der Waals surface area contributed by atoms with Crippen LogP contribution in [0.15, 0.2) is 59.9 Å². The van der Waals surface area contributed by atoms with Crippen molar-refractivity contribution in [2.45, 2.75) is 26.3 Å². The predicted octanol–water partition coefficient (Wildman–Crippen LogP) is 4.35. The van der Waals surface area contributed by atoms with Crippen LogP contribution < -0.4 is 9.64 Å². The number of carbonyl (C=O) groups is 2. The Balaban J connectivity index is 2.12. The van der Waals surface area contributed by atoms with E-state index in [1.807, 2.05) is 13.8 Å². The van der Waals surface area contributed by atoms with Gasteiger partial charge in [-0.3, -0.25) is 14.5 Å². The van der Waals surface area contributed by atoms with Crippen LogP contribution in [0, 0.1) is 11.7 Å². The summed E-state index contributed by atoms with van der Waals surface area (Å²) in [5.41, 5.74) is 1.11. The summed E-state index contributed by atoms with van der Waals surface area (Å²) in [5, 5.41) is 10.5. The highest BCUT2D eigenvalue weighted by Crippen LogP contribution is 2.42. The Morgan fingerprint density at radius 1 is 1.14 bits per heavy atom. The number of methoxy groups -OCH3 is 1. The Labute approximate surface area is 163 Å². The molecule has 1 heterocycles. The van der Waals surface area contributed by atoms with Crippen molar-refractivity contribution in [3.05, 3.63) is 71.2 Å². The largest absolute Gasteiger partial charge is 0.503 e. The Bertz CT molecular complexity index is 917. The van der Waals surface area contributed by atoms with Crippen molar-refractivity contribution in [1.82, 2.24) is 0 Å². The van der Waals surface area contributed by atoms with Gasteiger partial charge in [-0.15, -0.1) is 0 Å². The third-order valence-electron chi connectivity index (χ3n) is 4.64. The number of aliphatic hydroxyl groups is 1. The van der Waals surface area contributed by atoms with Crippen LogP contribution in [0.1, 0.15) is 31.9 Å². The maximum Gasteiger partial charge on any atom is 0.294 e. The van der Waals surface area contributed by atoms with E-state index in [0.717, 1.165) is 0 Å². The number of ketones is 1. The number of hydrogen-bond donors (Lipinski definition) is 1. The molecule has 28 heavy (non-hydrogen) atoms. The van der Waals surface area contributed by atoms with Crippen molar-refractivity contribution >= 4 is 17.4 Å². The molecular formula is C22H22FNO4. The summed E-state index contributed by atoms with van der Waals surface area (Å²) in [4.78, 5) is 27.0. The standard InChI is InChI=1S/C22H22FNO4/c1-13(2)12-18(25)19-20(14-4-10-17(28-3)11-5-14)24(22(27)21(19)26)16-8-6-15(23)7-9-16/h4-11,13,20,26H,12H2,1-3H3.